The van der Waals surface area contributed by atoms with Crippen molar-refractivity contribution < 1.29 is 0 Å². The lowest BCUT2D eigenvalue weighted by molar-refractivity contribution is 0.610. The summed E-state index contributed by atoms with van der Waals surface area (Å²) in [6, 6.07) is 14.9. The zero-order valence-electron chi connectivity index (χ0n) is 11.4. The highest BCUT2D eigenvalue weighted by Crippen LogP contribution is 2.28. The van der Waals surface area contributed by atoms with Crippen molar-refractivity contribution in [2.75, 3.05) is 5.32 Å². The number of hydrogen-bond acceptors (Lipinski definition) is 2. The van der Waals surface area contributed by atoms with E-state index in [-0.39, 0.29) is 0 Å². The number of nitrogens with zero attached hydrogens (tertiary/aromatic N) is 1. The summed E-state index contributed by atoms with van der Waals surface area (Å²) in [5.41, 5.74) is 4.44. The number of anilines is 1. The summed E-state index contributed by atoms with van der Waals surface area (Å²) in [5, 5.41) is 12.7. The Balaban J connectivity index is 1.80. The SMILES string of the molecule is N#Cc1ccc(Br)cc1NC1CCc2cc(Br)ccc2C1. The molecule has 0 saturated carbocycles. The molecule has 1 N–H and O–H groups in total. The number of nitrogens with one attached hydrogen (secondary N) is 1. The van der Waals surface area contributed by atoms with E-state index >= 15 is 0 Å². The number of benzene rings is 2. The molecular weight excluding hydrogens is 392 g/mol. The van der Waals surface area contributed by atoms with Crippen molar-refractivity contribution in [3.05, 3.63) is 62.0 Å². The molecule has 2 aromatic rings. The topological polar surface area (TPSA) is 35.8 Å². The van der Waals surface area contributed by atoms with Gasteiger partial charge >= 0.3 is 0 Å². The molecule has 0 heterocycles. The molecule has 0 aromatic heterocycles. The maximum absolute atomic E-state index is 9.22. The van der Waals surface area contributed by atoms with Gasteiger partial charge in [0.05, 0.1) is 11.3 Å². The van der Waals surface area contributed by atoms with Gasteiger partial charge < -0.3 is 5.32 Å². The molecule has 1 unspecified atom stereocenters. The Hall–Kier alpha value is -1.31. The monoisotopic (exact) mass is 404 g/mol. The van der Waals surface area contributed by atoms with Gasteiger partial charge in [-0.05, 0) is 60.7 Å². The van der Waals surface area contributed by atoms with Gasteiger partial charge in [-0.15, -0.1) is 0 Å². The molecular formula is C17H14Br2N2. The van der Waals surface area contributed by atoms with E-state index in [9.17, 15) is 5.26 Å². The average Bonchev–Trinajstić information content (AvgIpc) is 2.48. The van der Waals surface area contributed by atoms with E-state index < -0.39 is 0 Å². The van der Waals surface area contributed by atoms with Crippen LogP contribution in [0.1, 0.15) is 23.1 Å². The second-order valence-corrected chi connectivity index (χ2v) is 7.13. The fraction of sp³-hybridized carbons (Fsp3) is 0.235. The van der Waals surface area contributed by atoms with Gasteiger partial charge in [-0.2, -0.15) is 5.26 Å². The van der Waals surface area contributed by atoms with Crippen molar-refractivity contribution in [3.63, 3.8) is 0 Å². The molecule has 0 fully saturated rings. The van der Waals surface area contributed by atoms with Gasteiger partial charge in [-0.25, -0.2) is 0 Å². The predicted octanol–water partition coefficient (Wildman–Crippen LogP) is 5.05. The molecule has 2 aromatic carbocycles. The van der Waals surface area contributed by atoms with Crippen LogP contribution in [0.25, 0.3) is 0 Å². The van der Waals surface area contributed by atoms with E-state index in [0.717, 1.165) is 33.9 Å². The lowest BCUT2D eigenvalue weighted by atomic mass is 9.88. The van der Waals surface area contributed by atoms with Crippen molar-refractivity contribution >= 4 is 37.5 Å². The number of halogens is 2. The molecule has 4 heteroatoms. The van der Waals surface area contributed by atoms with Crippen LogP contribution in [-0.4, -0.2) is 6.04 Å². The van der Waals surface area contributed by atoms with Crippen LogP contribution in [0.5, 0.6) is 0 Å². The highest BCUT2D eigenvalue weighted by molar-refractivity contribution is 9.10. The van der Waals surface area contributed by atoms with Crippen LogP contribution in [0.2, 0.25) is 0 Å². The van der Waals surface area contributed by atoms with E-state index in [2.05, 4.69) is 61.4 Å². The molecule has 0 bridgehead atoms. The third-order valence-corrected chi connectivity index (χ3v) is 4.84. The molecule has 2 nitrogen and oxygen atoms in total. The summed E-state index contributed by atoms with van der Waals surface area (Å²) >= 11 is 7.00. The minimum absolute atomic E-state index is 0.375. The minimum Gasteiger partial charge on any atom is -0.381 e. The normalized spacial score (nSPS) is 16.9. The Kier molecular flexibility index (Phi) is 4.32. The first kappa shape index (κ1) is 14.6. The Morgan fingerprint density at radius 2 is 1.81 bits per heavy atom. The lowest BCUT2D eigenvalue weighted by Gasteiger charge is -2.27. The molecule has 3 rings (SSSR count). The smallest absolute Gasteiger partial charge is 0.101 e. The first-order valence-electron chi connectivity index (χ1n) is 6.89. The first-order valence-corrected chi connectivity index (χ1v) is 8.48. The van der Waals surface area contributed by atoms with Crippen molar-refractivity contribution in [3.8, 4) is 6.07 Å². The number of aryl methyl sites for hydroxylation is 1. The zero-order chi connectivity index (χ0) is 14.8. The van der Waals surface area contributed by atoms with Crippen LogP contribution >= 0.6 is 31.9 Å². The number of rotatable bonds is 2. The molecule has 0 spiro atoms. The number of fused-ring (bicyclic) bond motifs is 1. The lowest BCUT2D eigenvalue weighted by Crippen LogP contribution is -2.27. The summed E-state index contributed by atoms with van der Waals surface area (Å²) in [4.78, 5) is 0. The zero-order valence-corrected chi connectivity index (χ0v) is 14.5. The third-order valence-electron chi connectivity index (χ3n) is 3.86. The predicted molar refractivity (Wildman–Crippen MR) is 92.4 cm³/mol. The Labute approximate surface area is 141 Å². The highest BCUT2D eigenvalue weighted by Gasteiger charge is 2.19. The Bertz CT molecular complexity index is 719. The summed E-state index contributed by atoms with van der Waals surface area (Å²) in [6.45, 7) is 0. The van der Waals surface area contributed by atoms with Crippen LogP contribution < -0.4 is 5.32 Å². The molecule has 1 aliphatic rings. The second-order valence-electron chi connectivity index (χ2n) is 5.30. The Morgan fingerprint density at radius 3 is 2.62 bits per heavy atom. The van der Waals surface area contributed by atoms with Crippen LogP contribution in [0, 0.1) is 11.3 Å². The quantitative estimate of drug-likeness (QED) is 0.758. The fourth-order valence-electron chi connectivity index (χ4n) is 2.80. The molecule has 1 aliphatic carbocycles. The maximum Gasteiger partial charge on any atom is 0.101 e. The van der Waals surface area contributed by atoms with Crippen molar-refractivity contribution in [1.82, 2.24) is 0 Å². The number of nitriles is 1. The van der Waals surface area contributed by atoms with Gasteiger partial charge in [-0.1, -0.05) is 37.9 Å². The average molecular weight is 406 g/mol. The first-order chi connectivity index (χ1) is 10.2. The van der Waals surface area contributed by atoms with Gasteiger partial charge in [0.25, 0.3) is 0 Å². The summed E-state index contributed by atoms with van der Waals surface area (Å²) in [5.74, 6) is 0. The molecule has 106 valence electrons. The van der Waals surface area contributed by atoms with Crippen LogP contribution in [0.4, 0.5) is 5.69 Å². The van der Waals surface area contributed by atoms with Crippen LogP contribution in [-0.2, 0) is 12.8 Å². The van der Waals surface area contributed by atoms with Crippen molar-refractivity contribution in [1.29, 1.82) is 5.26 Å². The van der Waals surface area contributed by atoms with Gasteiger partial charge in [-0.3, -0.25) is 0 Å². The van der Waals surface area contributed by atoms with Crippen LogP contribution in [0.3, 0.4) is 0 Å². The van der Waals surface area contributed by atoms with E-state index in [1.165, 1.54) is 11.1 Å². The van der Waals surface area contributed by atoms with E-state index in [1.807, 2.05) is 18.2 Å². The molecule has 21 heavy (non-hydrogen) atoms. The fourth-order valence-corrected chi connectivity index (χ4v) is 3.57. The molecule has 0 radical (unpaired) electrons. The Morgan fingerprint density at radius 1 is 1.05 bits per heavy atom. The summed E-state index contributed by atoms with van der Waals surface area (Å²) in [7, 11) is 0. The number of hydrogen-bond donors (Lipinski definition) is 1. The molecule has 1 atom stereocenters. The largest absolute Gasteiger partial charge is 0.381 e. The van der Waals surface area contributed by atoms with Crippen molar-refractivity contribution in [2.24, 2.45) is 0 Å². The molecule has 0 aliphatic heterocycles. The summed E-state index contributed by atoms with van der Waals surface area (Å²) < 4.78 is 2.13. The molecule has 0 amide bonds. The van der Waals surface area contributed by atoms with Crippen LogP contribution in [0.15, 0.2) is 45.3 Å². The summed E-state index contributed by atoms with van der Waals surface area (Å²) in [6.07, 6.45) is 3.16. The molecule has 0 saturated heterocycles. The van der Waals surface area contributed by atoms with Crippen molar-refractivity contribution in [2.45, 2.75) is 25.3 Å². The van der Waals surface area contributed by atoms with Gasteiger partial charge in [0.1, 0.15) is 6.07 Å². The third kappa shape index (κ3) is 3.30. The maximum atomic E-state index is 9.22. The van der Waals surface area contributed by atoms with Gasteiger partial charge in [0.15, 0.2) is 0 Å². The highest BCUT2D eigenvalue weighted by atomic mass is 79.9. The standard InChI is InChI=1S/C17H14Br2N2/c18-14-4-1-12-8-16(6-3-11(12)7-14)21-17-9-15(19)5-2-13(17)10-20/h1-2,4-5,7,9,16,21H,3,6,8H2. The minimum atomic E-state index is 0.375. The van der Waals surface area contributed by atoms with E-state index in [1.54, 1.807) is 0 Å². The van der Waals surface area contributed by atoms with Gasteiger partial charge in [0, 0.05) is 15.0 Å². The van der Waals surface area contributed by atoms with Gasteiger partial charge in [0.2, 0.25) is 0 Å². The van der Waals surface area contributed by atoms with E-state index in [4.69, 9.17) is 0 Å². The van der Waals surface area contributed by atoms with E-state index in [0.29, 0.717) is 11.6 Å². The second kappa shape index (κ2) is 6.21.